The third-order valence-corrected chi connectivity index (χ3v) is 4.40. The van der Waals surface area contributed by atoms with Gasteiger partial charge in [-0.05, 0) is 31.0 Å². The van der Waals surface area contributed by atoms with Crippen LogP contribution in [0.5, 0.6) is 0 Å². The first-order valence-electron chi connectivity index (χ1n) is 6.47. The lowest BCUT2D eigenvalue weighted by Gasteiger charge is -2.09. The lowest BCUT2D eigenvalue weighted by Crippen LogP contribution is -2.15. The standard InChI is InChI=1S/C13H14N4O3S/c18-13(9-4-5-9)16-10-2-1-3-11(6-10)17-21(19,20)12-7-14-8-15-12/h1-3,6-9,17H,4-5H2,(H,14,15)(H,16,18). The summed E-state index contributed by atoms with van der Waals surface area (Å²) in [6.07, 6.45) is 4.35. The lowest BCUT2D eigenvalue weighted by atomic mass is 10.2. The van der Waals surface area contributed by atoms with Crippen molar-refractivity contribution in [3.8, 4) is 0 Å². The van der Waals surface area contributed by atoms with Gasteiger partial charge >= 0.3 is 0 Å². The van der Waals surface area contributed by atoms with E-state index in [1.54, 1.807) is 24.3 Å². The number of sulfonamides is 1. The Bertz CT molecular complexity index is 751. The molecular formula is C13H14N4O3S. The second kappa shape index (κ2) is 5.21. The predicted octanol–water partition coefficient (Wildman–Crippen LogP) is 1.56. The smallest absolute Gasteiger partial charge is 0.278 e. The molecule has 0 spiro atoms. The van der Waals surface area contributed by atoms with Gasteiger partial charge in [0.05, 0.1) is 18.2 Å². The zero-order valence-electron chi connectivity index (χ0n) is 11.0. The van der Waals surface area contributed by atoms with Gasteiger partial charge in [-0.25, -0.2) is 4.98 Å². The van der Waals surface area contributed by atoms with Crippen molar-refractivity contribution < 1.29 is 13.2 Å². The average molecular weight is 306 g/mol. The molecule has 1 aliphatic carbocycles. The summed E-state index contributed by atoms with van der Waals surface area (Å²) >= 11 is 0. The molecule has 1 aliphatic rings. The van der Waals surface area contributed by atoms with E-state index < -0.39 is 10.0 Å². The Morgan fingerprint density at radius 2 is 2.05 bits per heavy atom. The SMILES string of the molecule is O=C(Nc1cccc(NS(=O)(=O)c2cnc[nH]2)c1)C1CC1. The first kappa shape index (κ1) is 13.6. The fourth-order valence-electron chi connectivity index (χ4n) is 1.85. The molecule has 21 heavy (non-hydrogen) atoms. The molecule has 1 aromatic heterocycles. The van der Waals surface area contributed by atoms with Crippen LogP contribution in [0.15, 0.2) is 41.8 Å². The summed E-state index contributed by atoms with van der Waals surface area (Å²) in [4.78, 5) is 17.9. The minimum absolute atomic E-state index is 0.0186. The van der Waals surface area contributed by atoms with Gasteiger partial charge in [-0.3, -0.25) is 9.52 Å². The molecule has 1 amide bonds. The van der Waals surface area contributed by atoms with Crippen LogP contribution < -0.4 is 10.0 Å². The van der Waals surface area contributed by atoms with Crippen molar-refractivity contribution in [3.05, 3.63) is 36.8 Å². The summed E-state index contributed by atoms with van der Waals surface area (Å²) in [7, 11) is -3.70. The second-order valence-corrected chi connectivity index (χ2v) is 6.52. The van der Waals surface area contributed by atoms with Crippen molar-refractivity contribution in [1.82, 2.24) is 9.97 Å². The maximum atomic E-state index is 12.0. The summed E-state index contributed by atoms with van der Waals surface area (Å²) in [5, 5.41) is 2.75. The molecule has 0 radical (unpaired) electrons. The number of H-pyrrole nitrogens is 1. The largest absolute Gasteiger partial charge is 0.334 e. The molecule has 1 saturated carbocycles. The summed E-state index contributed by atoms with van der Waals surface area (Å²) in [5.41, 5.74) is 0.940. The summed E-state index contributed by atoms with van der Waals surface area (Å²) in [6.45, 7) is 0. The van der Waals surface area contributed by atoms with Gasteiger partial charge < -0.3 is 10.3 Å². The first-order valence-corrected chi connectivity index (χ1v) is 7.95. The van der Waals surface area contributed by atoms with Gasteiger partial charge in [0.2, 0.25) is 5.91 Å². The van der Waals surface area contributed by atoms with E-state index in [0.29, 0.717) is 11.4 Å². The molecule has 8 heteroatoms. The zero-order valence-corrected chi connectivity index (χ0v) is 11.9. The van der Waals surface area contributed by atoms with Crippen LogP contribution in [0, 0.1) is 5.92 Å². The van der Waals surface area contributed by atoms with Crippen LogP contribution in [-0.2, 0) is 14.8 Å². The Balaban J connectivity index is 1.75. The molecule has 1 fully saturated rings. The molecule has 0 atom stereocenters. The van der Waals surface area contributed by atoms with Crippen LogP contribution in [0.3, 0.4) is 0 Å². The minimum atomic E-state index is -3.70. The van der Waals surface area contributed by atoms with Crippen molar-refractivity contribution in [1.29, 1.82) is 0 Å². The van der Waals surface area contributed by atoms with E-state index >= 15 is 0 Å². The summed E-state index contributed by atoms with van der Waals surface area (Å²) in [5.74, 6) is 0.0684. The van der Waals surface area contributed by atoms with E-state index in [1.807, 2.05) is 0 Å². The van der Waals surface area contributed by atoms with E-state index in [4.69, 9.17) is 0 Å². The van der Waals surface area contributed by atoms with E-state index in [0.717, 1.165) is 12.8 Å². The molecule has 1 heterocycles. The monoisotopic (exact) mass is 306 g/mol. The zero-order chi connectivity index (χ0) is 14.9. The van der Waals surface area contributed by atoms with Gasteiger partial charge in [-0.2, -0.15) is 8.42 Å². The summed E-state index contributed by atoms with van der Waals surface area (Å²) in [6, 6.07) is 6.58. The number of hydrogen-bond acceptors (Lipinski definition) is 4. The third kappa shape index (κ3) is 3.22. The van der Waals surface area contributed by atoms with Crippen molar-refractivity contribution in [2.75, 3.05) is 10.0 Å². The molecule has 3 rings (SSSR count). The number of anilines is 2. The predicted molar refractivity (Wildman–Crippen MR) is 77.2 cm³/mol. The van der Waals surface area contributed by atoms with Gasteiger partial charge in [-0.15, -0.1) is 0 Å². The van der Waals surface area contributed by atoms with E-state index in [2.05, 4.69) is 20.0 Å². The van der Waals surface area contributed by atoms with E-state index in [1.165, 1.54) is 12.5 Å². The van der Waals surface area contributed by atoms with Crippen LogP contribution in [0.25, 0.3) is 0 Å². The van der Waals surface area contributed by atoms with Crippen molar-refractivity contribution in [2.45, 2.75) is 17.9 Å². The third-order valence-electron chi connectivity index (χ3n) is 3.09. The highest BCUT2D eigenvalue weighted by atomic mass is 32.2. The number of amides is 1. The van der Waals surface area contributed by atoms with E-state index in [9.17, 15) is 13.2 Å². The number of imidazole rings is 1. The van der Waals surface area contributed by atoms with Crippen molar-refractivity contribution in [2.24, 2.45) is 5.92 Å². The molecule has 0 saturated heterocycles. The number of hydrogen-bond donors (Lipinski definition) is 3. The molecule has 0 bridgehead atoms. The number of nitrogens with zero attached hydrogens (tertiary/aromatic N) is 1. The maximum absolute atomic E-state index is 12.0. The van der Waals surface area contributed by atoms with Crippen LogP contribution in [0.1, 0.15) is 12.8 Å². The second-order valence-electron chi connectivity index (χ2n) is 4.87. The number of aromatic nitrogens is 2. The molecule has 0 aliphatic heterocycles. The fraction of sp³-hybridized carbons (Fsp3) is 0.231. The summed E-state index contributed by atoms with van der Waals surface area (Å²) < 4.78 is 26.5. The molecular weight excluding hydrogens is 292 g/mol. The number of rotatable bonds is 5. The minimum Gasteiger partial charge on any atom is -0.334 e. The highest BCUT2D eigenvalue weighted by Crippen LogP contribution is 2.30. The number of carbonyl (C=O) groups is 1. The molecule has 110 valence electrons. The molecule has 7 nitrogen and oxygen atoms in total. The number of benzene rings is 1. The van der Waals surface area contributed by atoms with Gasteiger partial charge in [0.25, 0.3) is 10.0 Å². The highest BCUT2D eigenvalue weighted by Gasteiger charge is 2.29. The van der Waals surface area contributed by atoms with Crippen LogP contribution in [0.2, 0.25) is 0 Å². The normalized spacial score (nSPS) is 14.7. The molecule has 3 N–H and O–H groups in total. The van der Waals surface area contributed by atoms with Crippen LogP contribution >= 0.6 is 0 Å². The Morgan fingerprint density at radius 1 is 1.29 bits per heavy atom. The van der Waals surface area contributed by atoms with Crippen LogP contribution in [0.4, 0.5) is 11.4 Å². The topological polar surface area (TPSA) is 104 Å². The highest BCUT2D eigenvalue weighted by molar-refractivity contribution is 7.92. The Morgan fingerprint density at radius 3 is 2.71 bits per heavy atom. The lowest BCUT2D eigenvalue weighted by molar-refractivity contribution is -0.117. The van der Waals surface area contributed by atoms with Gasteiger partial charge in [-0.1, -0.05) is 6.07 Å². The number of carbonyl (C=O) groups excluding carboxylic acids is 1. The fourth-order valence-corrected chi connectivity index (χ4v) is 2.81. The van der Waals surface area contributed by atoms with Gasteiger partial charge in [0, 0.05) is 11.6 Å². The van der Waals surface area contributed by atoms with Crippen molar-refractivity contribution >= 4 is 27.3 Å². The Labute approximate surface area is 121 Å². The quantitative estimate of drug-likeness (QED) is 0.779. The van der Waals surface area contributed by atoms with Crippen LogP contribution in [-0.4, -0.2) is 24.3 Å². The van der Waals surface area contributed by atoms with Gasteiger partial charge in [0.1, 0.15) is 0 Å². The molecule has 1 aromatic carbocycles. The average Bonchev–Trinajstić information content (AvgIpc) is 3.13. The molecule has 0 unspecified atom stereocenters. The van der Waals surface area contributed by atoms with Gasteiger partial charge in [0.15, 0.2) is 5.03 Å². The number of aromatic amines is 1. The first-order chi connectivity index (χ1) is 10.0. The van der Waals surface area contributed by atoms with E-state index in [-0.39, 0.29) is 16.9 Å². The molecule has 2 aromatic rings. The van der Waals surface area contributed by atoms with Crippen molar-refractivity contribution in [3.63, 3.8) is 0 Å². The maximum Gasteiger partial charge on any atom is 0.278 e. The Hall–Kier alpha value is -2.35. The number of nitrogens with one attached hydrogen (secondary N) is 3. The Kier molecular flexibility index (Phi) is 3.38.